The summed E-state index contributed by atoms with van der Waals surface area (Å²) in [6.45, 7) is 0.193. The molecule has 2 aromatic rings. The van der Waals surface area contributed by atoms with Gasteiger partial charge >= 0.3 is 0 Å². The van der Waals surface area contributed by atoms with Crippen molar-refractivity contribution in [3.63, 3.8) is 0 Å². The third-order valence-corrected chi connectivity index (χ3v) is 3.65. The number of amides is 3. The Morgan fingerprint density at radius 2 is 1.65 bits per heavy atom. The standard InChI is InChI=1S/C19H21N3O4/c1-20-18(24)13-7-9-14(10-8-13)22-17(23)11-12-21-19(25)15-5-3-4-6-16(15)26-2/h3-10H,11-12H2,1-2H3,(H,20,24)(H,21,25)(H,22,23). The molecule has 3 amide bonds. The van der Waals surface area contributed by atoms with Crippen LogP contribution in [0, 0.1) is 0 Å². The van der Waals surface area contributed by atoms with Crippen molar-refractivity contribution >= 4 is 23.4 Å². The number of hydrogen-bond acceptors (Lipinski definition) is 4. The Hall–Kier alpha value is -3.35. The van der Waals surface area contributed by atoms with Crippen molar-refractivity contribution in [3.8, 4) is 5.75 Å². The van der Waals surface area contributed by atoms with Gasteiger partial charge in [-0.1, -0.05) is 12.1 Å². The molecule has 7 nitrogen and oxygen atoms in total. The molecule has 136 valence electrons. The Morgan fingerprint density at radius 1 is 0.962 bits per heavy atom. The van der Waals surface area contributed by atoms with Gasteiger partial charge in [0.25, 0.3) is 11.8 Å². The summed E-state index contributed by atoms with van der Waals surface area (Å²) in [4.78, 5) is 35.6. The maximum atomic E-state index is 12.1. The fraction of sp³-hybridized carbons (Fsp3) is 0.211. The molecule has 7 heteroatoms. The number of carbonyl (C=O) groups is 3. The second-order valence-corrected chi connectivity index (χ2v) is 5.41. The molecule has 0 radical (unpaired) electrons. The van der Waals surface area contributed by atoms with Crippen molar-refractivity contribution in [1.82, 2.24) is 10.6 Å². The molecule has 0 saturated heterocycles. The van der Waals surface area contributed by atoms with Crippen LogP contribution in [-0.4, -0.2) is 38.4 Å². The molecular weight excluding hydrogens is 334 g/mol. The first-order chi connectivity index (χ1) is 12.5. The van der Waals surface area contributed by atoms with E-state index in [0.29, 0.717) is 22.6 Å². The summed E-state index contributed by atoms with van der Waals surface area (Å²) in [5.74, 6) is -0.254. The van der Waals surface area contributed by atoms with Crippen LogP contribution in [0.15, 0.2) is 48.5 Å². The molecule has 0 aliphatic heterocycles. The fourth-order valence-electron chi connectivity index (χ4n) is 2.29. The third-order valence-electron chi connectivity index (χ3n) is 3.65. The van der Waals surface area contributed by atoms with Crippen LogP contribution >= 0.6 is 0 Å². The molecule has 0 aliphatic rings. The number of methoxy groups -OCH3 is 1. The quantitative estimate of drug-likeness (QED) is 0.706. The summed E-state index contributed by atoms with van der Waals surface area (Å²) in [5, 5.41) is 7.93. The van der Waals surface area contributed by atoms with Crippen LogP contribution in [0.5, 0.6) is 5.75 Å². The summed E-state index contributed by atoms with van der Waals surface area (Å²) >= 11 is 0. The minimum atomic E-state index is -0.301. The van der Waals surface area contributed by atoms with Crippen molar-refractivity contribution in [2.24, 2.45) is 0 Å². The zero-order chi connectivity index (χ0) is 18.9. The molecule has 0 aromatic heterocycles. The highest BCUT2D eigenvalue weighted by atomic mass is 16.5. The van der Waals surface area contributed by atoms with Gasteiger partial charge in [-0.3, -0.25) is 14.4 Å². The SMILES string of the molecule is CNC(=O)c1ccc(NC(=O)CCNC(=O)c2ccccc2OC)cc1. The maximum absolute atomic E-state index is 12.1. The van der Waals surface area contributed by atoms with Crippen LogP contribution in [0.25, 0.3) is 0 Å². The average Bonchev–Trinajstić information content (AvgIpc) is 2.67. The number of benzene rings is 2. The first-order valence-electron chi connectivity index (χ1n) is 8.08. The highest BCUT2D eigenvalue weighted by Gasteiger charge is 2.11. The third kappa shape index (κ3) is 5.07. The number of anilines is 1. The van der Waals surface area contributed by atoms with Gasteiger partial charge in [-0.25, -0.2) is 0 Å². The minimum absolute atomic E-state index is 0.123. The van der Waals surface area contributed by atoms with Gasteiger partial charge in [0.1, 0.15) is 5.75 Å². The first-order valence-corrected chi connectivity index (χ1v) is 8.08. The molecule has 2 aromatic carbocycles. The zero-order valence-electron chi connectivity index (χ0n) is 14.7. The van der Waals surface area contributed by atoms with E-state index < -0.39 is 0 Å². The molecule has 0 aliphatic carbocycles. The van der Waals surface area contributed by atoms with Crippen molar-refractivity contribution in [1.29, 1.82) is 0 Å². The molecule has 3 N–H and O–H groups in total. The largest absolute Gasteiger partial charge is 0.496 e. The number of ether oxygens (including phenoxy) is 1. The van der Waals surface area contributed by atoms with Crippen LogP contribution in [0.4, 0.5) is 5.69 Å². The number of carbonyl (C=O) groups excluding carboxylic acids is 3. The predicted molar refractivity (Wildman–Crippen MR) is 98.4 cm³/mol. The van der Waals surface area contributed by atoms with E-state index in [-0.39, 0.29) is 30.7 Å². The first kappa shape index (κ1) is 19.0. The van der Waals surface area contributed by atoms with Gasteiger partial charge in [0.2, 0.25) is 5.91 Å². The van der Waals surface area contributed by atoms with Gasteiger partial charge in [0.15, 0.2) is 0 Å². The lowest BCUT2D eigenvalue weighted by Gasteiger charge is -2.09. The van der Waals surface area contributed by atoms with Crippen molar-refractivity contribution in [2.75, 3.05) is 26.0 Å². The smallest absolute Gasteiger partial charge is 0.255 e. The van der Waals surface area contributed by atoms with Crippen molar-refractivity contribution in [3.05, 3.63) is 59.7 Å². The van der Waals surface area contributed by atoms with E-state index in [0.717, 1.165) is 0 Å². The van der Waals surface area contributed by atoms with Gasteiger partial charge < -0.3 is 20.7 Å². The fourth-order valence-corrected chi connectivity index (χ4v) is 2.29. The van der Waals surface area contributed by atoms with E-state index in [4.69, 9.17) is 4.74 Å². The molecule has 0 spiro atoms. The van der Waals surface area contributed by atoms with E-state index in [1.165, 1.54) is 7.11 Å². The molecular formula is C19H21N3O4. The molecule has 0 fully saturated rings. The monoisotopic (exact) mass is 355 g/mol. The Kier molecular flexibility index (Phi) is 6.73. The molecule has 2 rings (SSSR count). The average molecular weight is 355 g/mol. The Balaban J connectivity index is 1.81. The molecule has 0 saturated carbocycles. The Morgan fingerprint density at radius 3 is 2.31 bits per heavy atom. The van der Waals surface area contributed by atoms with E-state index in [9.17, 15) is 14.4 Å². The van der Waals surface area contributed by atoms with E-state index >= 15 is 0 Å². The van der Waals surface area contributed by atoms with Gasteiger partial charge in [-0.2, -0.15) is 0 Å². The molecule has 0 heterocycles. The molecule has 0 atom stereocenters. The Bertz CT molecular complexity index is 788. The summed E-state index contributed by atoms with van der Waals surface area (Å²) in [7, 11) is 3.05. The van der Waals surface area contributed by atoms with Crippen LogP contribution in [0.3, 0.4) is 0 Å². The van der Waals surface area contributed by atoms with E-state index in [2.05, 4.69) is 16.0 Å². The lowest BCUT2D eigenvalue weighted by molar-refractivity contribution is -0.116. The second kappa shape index (κ2) is 9.22. The summed E-state index contributed by atoms with van der Waals surface area (Å²) < 4.78 is 5.14. The highest BCUT2D eigenvalue weighted by molar-refractivity contribution is 5.98. The lowest BCUT2D eigenvalue weighted by Crippen LogP contribution is -2.28. The van der Waals surface area contributed by atoms with Crippen LogP contribution in [0.2, 0.25) is 0 Å². The maximum Gasteiger partial charge on any atom is 0.255 e. The summed E-state index contributed by atoms with van der Waals surface area (Å²) in [5.41, 5.74) is 1.51. The van der Waals surface area contributed by atoms with Gasteiger partial charge in [0.05, 0.1) is 12.7 Å². The normalized spacial score (nSPS) is 9.92. The number of hydrogen-bond donors (Lipinski definition) is 3. The Labute approximate surface area is 151 Å². The molecule has 0 unspecified atom stereocenters. The second-order valence-electron chi connectivity index (χ2n) is 5.41. The summed E-state index contributed by atoms with van der Waals surface area (Å²) in [6.07, 6.45) is 0.123. The zero-order valence-corrected chi connectivity index (χ0v) is 14.7. The lowest BCUT2D eigenvalue weighted by atomic mass is 10.2. The number of nitrogens with one attached hydrogen (secondary N) is 3. The topological polar surface area (TPSA) is 96.5 Å². The molecule has 0 bridgehead atoms. The summed E-state index contributed by atoms with van der Waals surface area (Å²) in [6, 6.07) is 13.4. The van der Waals surface area contributed by atoms with Crippen LogP contribution in [-0.2, 0) is 4.79 Å². The van der Waals surface area contributed by atoms with Gasteiger partial charge in [-0.05, 0) is 36.4 Å². The number of rotatable bonds is 7. The number of para-hydroxylation sites is 1. The van der Waals surface area contributed by atoms with Gasteiger partial charge in [-0.15, -0.1) is 0 Å². The highest BCUT2D eigenvalue weighted by Crippen LogP contribution is 2.16. The van der Waals surface area contributed by atoms with Crippen LogP contribution in [0.1, 0.15) is 27.1 Å². The molecule has 26 heavy (non-hydrogen) atoms. The van der Waals surface area contributed by atoms with E-state index in [1.807, 2.05) is 0 Å². The predicted octanol–water partition coefficient (Wildman–Crippen LogP) is 1.81. The van der Waals surface area contributed by atoms with E-state index in [1.54, 1.807) is 55.6 Å². The van der Waals surface area contributed by atoms with Crippen LogP contribution < -0.4 is 20.7 Å². The van der Waals surface area contributed by atoms with Gasteiger partial charge in [0, 0.05) is 31.3 Å². The minimum Gasteiger partial charge on any atom is -0.496 e. The van der Waals surface area contributed by atoms with Crippen molar-refractivity contribution in [2.45, 2.75) is 6.42 Å². The van der Waals surface area contributed by atoms with Crippen molar-refractivity contribution < 1.29 is 19.1 Å².